The first kappa shape index (κ1) is 24.7. The predicted molar refractivity (Wildman–Crippen MR) is 116 cm³/mol. The lowest BCUT2D eigenvalue weighted by Crippen LogP contribution is -2.28. The van der Waals surface area contributed by atoms with Gasteiger partial charge in [0, 0.05) is 24.6 Å². The average molecular weight is 484 g/mol. The predicted octanol–water partition coefficient (Wildman–Crippen LogP) is 3.93. The normalized spacial score (nSPS) is 14.6. The summed E-state index contributed by atoms with van der Waals surface area (Å²) in [6, 6.07) is 5.85. The van der Waals surface area contributed by atoms with Crippen molar-refractivity contribution in [2.24, 2.45) is 5.92 Å². The molecule has 7 nitrogen and oxygen atoms in total. The molecule has 3 rings (SSSR count). The van der Waals surface area contributed by atoms with E-state index >= 15 is 0 Å². The Labute approximate surface area is 189 Å². The van der Waals surface area contributed by atoms with Gasteiger partial charge < -0.3 is 10.6 Å². The molecule has 2 amide bonds. The fourth-order valence-corrected chi connectivity index (χ4v) is 4.59. The largest absolute Gasteiger partial charge is 0.326 e. The lowest BCUT2D eigenvalue weighted by atomic mass is 9.88. The van der Waals surface area contributed by atoms with Gasteiger partial charge in [0.05, 0.1) is 10.6 Å². The second kappa shape index (κ2) is 10.8. The zero-order valence-corrected chi connectivity index (χ0v) is 18.5. The Morgan fingerprint density at radius 1 is 0.879 bits per heavy atom. The van der Waals surface area contributed by atoms with E-state index in [0.717, 1.165) is 44.2 Å². The lowest BCUT2D eigenvalue weighted by Gasteiger charge is -2.21. The highest BCUT2D eigenvalue weighted by molar-refractivity contribution is 7.89. The number of carbonyl (C=O) groups is 2. The van der Waals surface area contributed by atoms with E-state index in [4.69, 9.17) is 0 Å². The molecule has 0 aliphatic heterocycles. The summed E-state index contributed by atoms with van der Waals surface area (Å²) in [6.45, 7) is -0.306. The second-order valence-electron chi connectivity index (χ2n) is 7.79. The summed E-state index contributed by atoms with van der Waals surface area (Å²) < 4.78 is 66.8. The molecule has 1 aliphatic carbocycles. The number of hydrogen-bond donors (Lipinski definition) is 3. The van der Waals surface area contributed by atoms with Crippen molar-refractivity contribution in [3.63, 3.8) is 0 Å². The maximum absolute atomic E-state index is 14.1. The minimum Gasteiger partial charge on any atom is -0.326 e. The standard InChI is InChI=1S/C22H24F3N3O4S/c23-17-9-7-16(13-19(17)25)33(31,32)26-11-10-21(29)27-15-6-8-18(24)20(12-15)28-22(30)14-4-2-1-3-5-14/h6-9,12-14,26H,1-5,10-11H2,(H,27,29)(H,28,30). The van der Waals surface area contributed by atoms with Crippen molar-refractivity contribution < 1.29 is 31.2 Å². The number of amides is 2. The van der Waals surface area contributed by atoms with Crippen molar-refractivity contribution in [1.29, 1.82) is 0 Å². The van der Waals surface area contributed by atoms with E-state index < -0.39 is 38.3 Å². The van der Waals surface area contributed by atoms with Crippen LogP contribution in [0.15, 0.2) is 41.3 Å². The van der Waals surface area contributed by atoms with Gasteiger partial charge in [-0.15, -0.1) is 0 Å². The molecule has 0 saturated heterocycles. The van der Waals surface area contributed by atoms with Crippen LogP contribution in [0.2, 0.25) is 0 Å². The molecule has 178 valence electrons. The van der Waals surface area contributed by atoms with Crippen LogP contribution in [0.5, 0.6) is 0 Å². The first-order valence-corrected chi connectivity index (χ1v) is 12.0. The van der Waals surface area contributed by atoms with Crippen molar-refractivity contribution >= 4 is 33.2 Å². The molecule has 1 fully saturated rings. The topological polar surface area (TPSA) is 104 Å². The van der Waals surface area contributed by atoms with E-state index in [2.05, 4.69) is 15.4 Å². The first-order valence-electron chi connectivity index (χ1n) is 10.5. The molecule has 1 saturated carbocycles. The van der Waals surface area contributed by atoms with Crippen LogP contribution in [0.25, 0.3) is 0 Å². The number of benzene rings is 2. The number of halogens is 3. The second-order valence-corrected chi connectivity index (χ2v) is 9.56. The summed E-state index contributed by atoms with van der Waals surface area (Å²) in [6.07, 6.45) is 4.22. The van der Waals surface area contributed by atoms with Gasteiger partial charge in [0.15, 0.2) is 11.6 Å². The Bertz CT molecular complexity index is 1140. The van der Waals surface area contributed by atoms with E-state index in [1.165, 1.54) is 12.1 Å². The first-order chi connectivity index (χ1) is 15.7. The van der Waals surface area contributed by atoms with Crippen LogP contribution in [0, 0.1) is 23.4 Å². The molecular weight excluding hydrogens is 459 g/mol. The lowest BCUT2D eigenvalue weighted by molar-refractivity contribution is -0.120. The third-order valence-electron chi connectivity index (χ3n) is 5.33. The van der Waals surface area contributed by atoms with Crippen LogP contribution in [0.3, 0.4) is 0 Å². The number of nitrogens with one attached hydrogen (secondary N) is 3. The van der Waals surface area contributed by atoms with Crippen molar-refractivity contribution in [1.82, 2.24) is 4.72 Å². The number of hydrogen-bond acceptors (Lipinski definition) is 4. The minimum atomic E-state index is -4.14. The van der Waals surface area contributed by atoms with Crippen LogP contribution in [-0.4, -0.2) is 26.8 Å². The van der Waals surface area contributed by atoms with Gasteiger partial charge in [-0.25, -0.2) is 26.3 Å². The molecule has 2 aromatic carbocycles. The molecule has 0 aromatic heterocycles. The molecule has 0 unspecified atom stereocenters. The van der Waals surface area contributed by atoms with E-state index in [0.29, 0.717) is 12.1 Å². The molecule has 0 bridgehead atoms. The highest BCUT2D eigenvalue weighted by Crippen LogP contribution is 2.26. The Morgan fingerprint density at radius 3 is 2.27 bits per heavy atom. The molecule has 2 aromatic rings. The smallest absolute Gasteiger partial charge is 0.240 e. The highest BCUT2D eigenvalue weighted by Gasteiger charge is 2.22. The maximum atomic E-state index is 14.1. The van der Waals surface area contributed by atoms with Crippen LogP contribution in [0.4, 0.5) is 24.5 Å². The monoisotopic (exact) mass is 483 g/mol. The fraction of sp³-hybridized carbons (Fsp3) is 0.364. The Kier molecular flexibility index (Phi) is 8.09. The molecule has 1 aliphatic rings. The van der Waals surface area contributed by atoms with E-state index in [1.807, 2.05) is 0 Å². The fourth-order valence-electron chi connectivity index (χ4n) is 3.55. The van der Waals surface area contributed by atoms with Gasteiger partial charge in [0.25, 0.3) is 0 Å². The number of sulfonamides is 1. The summed E-state index contributed by atoms with van der Waals surface area (Å²) in [5.74, 6) is -4.13. The molecule has 0 heterocycles. The van der Waals surface area contributed by atoms with Crippen LogP contribution in [-0.2, 0) is 19.6 Å². The Hall–Kier alpha value is -2.92. The van der Waals surface area contributed by atoms with Gasteiger partial charge in [-0.05, 0) is 49.2 Å². The van der Waals surface area contributed by atoms with Crippen molar-refractivity contribution in [3.8, 4) is 0 Å². The Morgan fingerprint density at radius 2 is 1.58 bits per heavy atom. The Balaban J connectivity index is 1.54. The molecule has 0 radical (unpaired) electrons. The average Bonchev–Trinajstić information content (AvgIpc) is 2.78. The third-order valence-corrected chi connectivity index (χ3v) is 6.79. The van der Waals surface area contributed by atoms with Gasteiger partial charge in [0.1, 0.15) is 5.82 Å². The molecule has 11 heteroatoms. The third kappa shape index (κ3) is 6.78. The number of anilines is 2. The number of rotatable bonds is 8. The van der Waals surface area contributed by atoms with Gasteiger partial charge in [-0.1, -0.05) is 19.3 Å². The zero-order valence-electron chi connectivity index (χ0n) is 17.7. The maximum Gasteiger partial charge on any atom is 0.240 e. The van der Waals surface area contributed by atoms with Crippen LogP contribution in [0.1, 0.15) is 38.5 Å². The number of carbonyl (C=O) groups excluding carboxylic acids is 2. The van der Waals surface area contributed by atoms with Gasteiger partial charge in [-0.3, -0.25) is 9.59 Å². The summed E-state index contributed by atoms with van der Waals surface area (Å²) in [4.78, 5) is 24.1. The van der Waals surface area contributed by atoms with E-state index in [9.17, 15) is 31.2 Å². The molecule has 3 N–H and O–H groups in total. The quantitative estimate of drug-likeness (QED) is 0.529. The summed E-state index contributed by atoms with van der Waals surface area (Å²) in [7, 11) is -4.14. The van der Waals surface area contributed by atoms with Crippen LogP contribution < -0.4 is 15.4 Å². The van der Waals surface area contributed by atoms with Crippen molar-refractivity contribution in [3.05, 3.63) is 53.8 Å². The summed E-state index contributed by atoms with van der Waals surface area (Å²) in [5.41, 5.74) is 0.172. The summed E-state index contributed by atoms with van der Waals surface area (Å²) in [5, 5.41) is 5.07. The highest BCUT2D eigenvalue weighted by atomic mass is 32.2. The molecule has 0 spiro atoms. The van der Waals surface area contributed by atoms with Crippen molar-refractivity contribution in [2.75, 3.05) is 17.2 Å². The SMILES string of the molecule is O=C(CCNS(=O)(=O)c1ccc(F)c(F)c1)Nc1ccc(F)c(NC(=O)C2CCCCC2)c1. The van der Waals surface area contributed by atoms with E-state index in [-0.39, 0.29) is 36.2 Å². The van der Waals surface area contributed by atoms with Gasteiger partial charge >= 0.3 is 0 Å². The minimum absolute atomic E-state index is 0.0533. The van der Waals surface area contributed by atoms with Crippen molar-refractivity contribution in [2.45, 2.75) is 43.4 Å². The zero-order chi connectivity index (χ0) is 24.0. The molecule has 0 atom stereocenters. The van der Waals surface area contributed by atoms with Gasteiger partial charge in [0.2, 0.25) is 21.8 Å². The van der Waals surface area contributed by atoms with Gasteiger partial charge in [-0.2, -0.15) is 0 Å². The van der Waals surface area contributed by atoms with E-state index in [1.54, 1.807) is 0 Å². The molecular formula is C22H24F3N3O4S. The molecule has 33 heavy (non-hydrogen) atoms. The van der Waals surface area contributed by atoms with Crippen LogP contribution >= 0.6 is 0 Å². The summed E-state index contributed by atoms with van der Waals surface area (Å²) >= 11 is 0.